The van der Waals surface area contributed by atoms with Gasteiger partial charge >= 0.3 is 0 Å². The van der Waals surface area contributed by atoms with Gasteiger partial charge in [-0.1, -0.05) is 11.3 Å². The van der Waals surface area contributed by atoms with Gasteiger partial charge in [-0.25, -0.2) is 8.78 Å². The fourth-order valence-electron chi connectivity index (χ4n) is 0.419. The molecule has 1 aromatic heterocycles. The lowest BCUT2D eigenvalue weighted by molar-refractivity contribution is 0.150. The van der Waals surface area contributed by atoms with Crippen LogP contribution in [0.4, 0.5) is 8.78 Å². The molecule has 1 heterocycles. The Morgan fingerprint density at radius 2 is 2.20 bits per heavy atom. The number of nitrogens with zero attached hydrogens (tertiary/aromatic N) is 2. The molecule has 0 unspecified atom stereocenters. The van der Waals surface area contributed by atoms with Gasteiger partial charge in [0.25, 0.3) is 6.43 Å². The van der Waals surface area contributed by atoms with E-state index in [4.69, 9.17) is 5.11 Å². The van der Waals surface area contributed by atoms with E-state index in [1.54, 1.807) is 0 Å². The zero-order valence-electron chi connectivity index (χ0n) is 4.79. The van der Waals surface area contributed by atoms with Crippen molar-refractivity contribution in [1.29, 1.82) is 0 Å². The van der Waals surface area contributed by atoms with Gasteiger partial charge in [-0.3, -0.25) is 0 Å². The Labute approximate surface area is 59.3 Å². The summed E-state index contributed by atoms with van der Waals surface area (Å²) in [5, 5.41) is 14.7. The predicted molar refractivity (Wildman–Crippen MR) is 30.8 cm³/mol. The highest BCUT2D eigenvalue weighted by atomic mass is 32.1. The van der Waals surface area contributed by atoms with Gasteiger partial charge in [-0.15, -0.1) is 10.2 Å². The van der Waals surface area contributed by atoms with E-state index in [2.05, 4.69) is 10.2 Å². The summed E-state index contributed by atoms with van der Waals surface area (Å²) in [6.45, 7) is -0.329. The summed E-state index contributed by atoms with van der Waals surface area (Å²) in [6, 6.07) is 0. The Hall–Kier alpha value is -0.620. The van der Waals surface area contributed by atoms with E-state index >= 15 is 0 Å². The zero-order valence-corrected chi connectivity index (χ0v) is 5.61. The predicted octanol–water partition coefficient (Wildman–Crippen LogP) is 0.968. The molecule has 0 fully saturated rings. The molecule has 0 spiro atoms. The number of hydrogen-bond donors (Lipinski definition) is 1. The normalized spacial score (nSPS) is 10.8. The van der Waals surface area contributed by atoms with E-state index in [9.17, 15) is 8.78 Å². The molecule has 0 aliphatic carbocycles. The second kappa shape index (κ2) is 2.98. The quantitative estimate of drug-likeness (QED) is 0.712. The molecule has 0 saturated carbocycles. The zero-order chi connectivity index (χ0) is 7.56. The second-order valence-electron chi connectivity index (χ2n) is 1.49. The molecule has 0 saturated heterocycles. The molecule has 0 amide bonds. The van der Waals surface area contributed by atoms with Crippen LogP contribution in [0.15, 0.2) is 0 Å². The highest BCUT2D eigenvalue weighted by Gasteiger charge is 2.12. The Bertz CT molecular complexity index is 215. The average Bonchev–Trinajstić information content (AvgIpc) is 2.34. The molecule has 0 atom stereocenters. The second-order valence-corrected chi connectivity index (χ2v) is 2.59. The number of aromatic nitrogens is 2. The van der Waals surface area contributed by atoms with Crippen molar-refractivity contribution in [2.24, 2.45) is 0 Å². The van der Waals surface area contributed by atoms with Crippen LogP contribution < -0.4 is 0 Å². The summed E-state index contributed by atoms with van der Waals surface area (Å²) in [5.74, 6) is 0. The van der Waals surface area contributed by atoms with Gasteiger partial charge in [0, 0.05) is 0 Å². The van der Waals surface area contributed by atoms with Crippen LogP contribution in [-0.4, -0.2) is 15.3 Å². The van der Waals surface area contributed by atoms with Crippen LogP contribution in [-0.2, 0) is 6.61 Å². The number of rotatable bonds is 2. The van der Waals surface area contributed by atoms with Gasteiger partial charge in [-0.05, 0) is 0 Å². The first-order valence-corrected chi connectivity index (χ1v) is 3.27. The van der Waals surface area contributed by atoms with Crippen LogP contribution in [0.2, 0.25) is 0 Å². The van der Waals surface area contributed by atoms with Crippen molar-refractivity contribution in [3.8, 4) is 0 Å². The molecule has 0 aromatic carbocycles. The summed E-state index contributed by atoms with van der Waals surface area (Å²) in [6.07, 6.45) is -2.59. The minimum atomic E-state index is -2.59. The molecule has 1 N–H and O–H groups in total. The largest absolute Gasteiger partial charge is 0.389 e. The lowest BCUT2D eigenvalue weighted by Crippen LogP contribution is -1.81. The summed E-state index contributed by atoms with van der Waals surface area (Å²) in [5.41, 5.74) is 0. The molecular weight excluding hydrogens is 162 g/mol. The summed E-state index contributed by atoms with van der Waals surface area (Å²) in [7, 11) is 0. The molecule has 6 heteroatoms. The van der Waals surface area contributed by atoms with Crippen LogP contribution in [0, 0.1) is 0 Å². The SMILES string of the molecule is OCc1nnc(C(F)F)s1. The van der Waals surface area contributed by atoms with Crippen molar-refractivity contribution >= 4 is 11.3 Å². The fourth-order valence-corrected chi connectivity index (χ4v) is 0.977. The Morgan fingerprint density at radius 1 is 1.50 bits per heavy atom. The Balaban J connectivity index is 2.78. The van der Waals surface area contributed by atoms with Crippen molar-refractivity contribution in [3.63, 3.8) is 0 Å². The fraction of sp³-hybridized carbons (Fsp3) is 0.500. The molecule has 0 aliphatic heterocycles. The molecule has 0 bridgehead atoms. The molecule has 1 aromatic rings. The number of aliphatic hydroxyl groups is 1. The summed E-state index contributed by atoms with van der Waals surface area (Å²) < 4.78 is 23.5. The maximum Gasteiger partial charge on any atom is 0.291 e. The lowest BCUT2D eigenvalue weighted by atomic mass is 10.8. The lowest BCUT2D eigenvalue weighted by Gasteiger charge is -1.85. The van der Waals surface area contributed by atoms with Crippen molar-refractivity contribution < 1.29 is 13.9 Å². The molecule has 1 rings (SSSR count). The third kappa shape index (κ3) is 1.45. The van der Waals surface area contributed by atoms with Gasteiger partial charge in [-0.2, -0.15) is 0 Å². The molecular formula is C4H4F2N2OS. The van der Waals surface area contributed by atoms with Gasteiger partial charge in [0.05, 0.1) is 6.61 Å². The maximum atomic E-state index is 11.7. The third-order valence-corrected chi connectivity index (χ3v) is 1.72. The number of aliphatic hydroxyl groups excluding tert-OH is 1. The summed E-state index contributed by atoms with van der Waals surface area (Å²) in [4.78, 5) is 0. The maximum absolute atomic E-state index is 11.7. The van der Waals surface area contributed by atoms with E-state index < -0.39 is 6.43 Å². The van der Waals surface area contributed by atoms with Crippen LogP contribution in [0.5, 0.6) is 0 Å². The van der Waals surface area contributed by atoms with Gasteiger partial charge in [0.1, 0.15) is 5.01 Å². The smallest absolute Gasteiger partial charge is 0.291 e. The number of alkyl halides is 2. The van der Waals surface area contributed by atoms with Crippen LogP contribution in [0.3, 0.4) is 0 Å². The highest BCUT2D eigenvalue weighted by Crippen LogP contribution is 2.21. The van der Waals surface area contributed by atoms with Crippen LogP contribution in [0.1, 0.15) is 16.4 Å². The van der Waals surface area contributed by atoms with Crippen molar-refractivity contribution in [1.82, 2.24) is 10.2 Å². The first-order chi connectivity index (χ1) is 4.74. The van der Waals surface area contributed by atoms with Crippen LogP contribution in [0.25, 0.3) is 0 Å². The van der Waals surface area contributed by atoms with Crippen molar-refractivity contribution in [3.05, 3.63) is 10.0 Å². The minimum absolute atomic E-state index is 0.218. The molecule has 10 heavy (non-hydrogen) atoms. The van der Waals surface area contributed by atoms with E-state index in [1.807, 2.05) is 0 Å². The van der Waals surface area contributed by atoms with E-state index in [0.717, 1.165) is 11.3 Å². The van der Waals surface area contributed by atoms with E-state index in [-0.39, 0.29) is 16.6 Å². The Morgan fingerprint density at radius 3 is 2.50 bits per heavy atom. The van der Waals surface area contributed by atoms with Gasteiger partial charge < -0.3 is 5.11 Å². The Kier molecular flexibility index (Phi) is 2.23. The average molecular weight is 166 g/mol. The van der Waals surface area contributed by atoms with Gasteiger partial charge in [0.15, 0.2) is 5.01 Å². The molecule has 0 radical (unpaired) electrons. The summed E-state index contributed by atoms with van der Waals surface area (Å²) >= 11 is 0.719. The highest BCUT2D eigenvalue weighted by molar-refractivity contribution is 7.11. The first-order valence-electron chi connectivity index (χ1n) is 2.45. The number of hydrogen-bond acceptors (Lipinski definition) is 4. The minimum Gasteiger partial charge on any atom is -0.389 e. The van der Waals surface area contributed by atoms with Crippen LogP contribution >= 0.6 is 11.3 Å². The molecule has 3 nitrogen and oxygen atoms in total. The topological polar surface area (TPSA) is 46.0 Å². The monoisotopic (exact) mass is 166 g/mol. The van der Waals surface area contributed by atoms with Crippen molar-refractivity contribution in [2.45, 2.75) is 13.0 Å². The standard InChI is InChI=1S/C4H4F2N2OS/c5-3(6)4-8-7-2(1-9)10-4/h3,9H,1H2. The molecule has 56 valence electrons. The number of halogens is 2. The van der Waals surface area contributed by atoms with Gasteiger partial charge in [0.2, 0.25) is 0 Å². The molecule has 0 aliphatic rings. The van der Waals surface area contributed by atoms with Crippen molar-refractivity contribution in [2.75, 3.05) is 0 Å². The van der Waals surface area contributed by atoms with E-state index in [0.29, 0.717) is 0 Å². The third-order valence-electron chi connectivity index (χ3n) is 0.804. The first kappa shape index (κ1) is 7.49. The van der Waals surface area contributed by atoms with E-state index in [1.165, 1.54) is 0 Å².